The van der Waals surface area contributed by atoms with E-state index < -0.39 is 5.97 Å². The lowest BCUT2D eigenvalue weighted by Crippen LogP contribution is -2.22. The Morgan fingerprint density at radius 1 is 0.879 bits per heavy atom. The standard InChI is InChI=1S/C29H29NO3/c1-18-12-13-23(16-27(18)29(31)32)28-17-24(14-22-8-5-6-11-26(22)28)20(3)30-19(2)21-9-7-10-25(15-21)33-4/h5-17,19-20,30H,1-4H3,(H,31,32)/t19-,20?/m1/s1. The molecule has 4 aromatic carbocycles. The number of carboxylic acids is 1. The van der Waals surface area contributed by atoms with Gasteiger partial charge in [-0.05, 0) is 89.7 Å². The fraction of sp³-hybridized carbons (Fsp3) is 0.207. The van der Waals surface area contributed by atoms with E-state index in [4.69, 9.17) is 4.74 Å². The first-order valence-corrected chi connectivity index (χ1v) is 11.1. The fourth-order valence-corrected chi connectivity index (χ4v) is 4.32. The third-order valence-corrected chi connectivity index (χ3v) is 6.26. The summed E-state index contributed by atoms with van der Waals surface area (Å²) in [7, 11) is 1.68. The Hall–Kier alpha value is -3.63. The zero-order valence-electron chi connectivity index (χ0n) is 19.4. The molecule has 4 rings (SSSR count). The van der Waals surface area contributed by atoms with Gasteiger partial charge < -0.3 is 15.2 Å². The molecule has 0 saturated carbocycles. The highest BCUT2D eigenvalue weighted by atomic mass is 16.5. The van der Waals surface area contributed by atoms with Crippen LogP contribution in [0.4, 0.5) is 0 Å². The molecule has 0 radical (unpaired) electrons. The Bertz CT molecular complexity index is 1310. The number of hydrogen-bond acceptors (Lipinski definition) is 3. The molecule has 0 aromatic heterocycles. The molecule has 168 valence electrons. The molecule has 0 spiro atoms. The molecule has 4 aromatic rings. The van der Waals surface area contributed by atoms with Crippen LogP contribution in [0.3, 0.4) is 0 Å². The zero-order chi connectivity index (χ0) is 23.5. The van der Waals surface area contributed by atoms with Crippen LogP contribution in [0.1, 0.15) is 53.0 Å². The summed E-state index contributed by atoms with van der Waals surface area (Å²) in [5.74, 6) is -0.0626. The number of ether oxygens (including phenoxy) is 1. The van der Waals surface area contributed by atoms with Crippen LogP contribution in [-0.2, 0) is 0 Å². The number of nitrogens with one attached hydrogen (secondary N) is 1. The second kappa shape index (κ2) is 9.47. The van der Waals surface area contributed by atoms with Gasteiger partial charge in [0.15, 0.2) is 0 Å². The van der Waals surface area contributed by atoms with Crippen LogP contribution in [0.25, 0.3) is 21.9 Å². The lowest BCUT2D eigenvalue weighted by Gasteiger charge is -2.22. The molecule has 4 heteroatoms. The van der Waals surface area contributed by atoms with Gasteiger partial charge >= 0.3 is 5.97 Å². The van der Waals surface area contributed by atoms with Gasteiger partial charge in [-0.2, -0.15) is 0 Å². The molecular formula is C29H29NO3. The molecular weight excluding hydrogens is 410 g/mol. The number of carboxylic acid groups (broad SMARTS) is 1. The molecule has 0 aliphatic carbocycles. The maximum Gasteiger partial charge on any atom is 0.335 e. The minimum Gasteiger partial charge on any atom is -0.497 e. The summed E-state index contributed by atoms with van der Waals surface area (Å²) in [4.78, 5) is 11.7. The van der Waals surface area contributed by atoms with Crippen molar-refractivity contribution in [3.63, 3.8) is 0 Å². The van der Waals surface area contributed by atoms with E-state index in [2.05, 4.69) is 55.6 Å². The van der Waals surface area contributed by atoms with Gasteiger partial charge in [0, 0.05) is 12.1 Å². The van der Waals surface area contributed by atoms with E-state index in [1.807, 2.05) is 43.3 Å². The van der Waals surface area contributed by atoms with Gasteiger partial charge in [-0.3, -0.25) is 0 Å². The first-order valence-electron chi connectivity index (χ1n) is 11.1. The number of hydrogen-bond donors (Lipinski definition) is 2. The van der Waals surface area contributed by atoms with Crippen molar-refractivity contribution in [1.29, 1.82) is 0 Å². The molecule has 33 heavy (non-hydrogen) atoms. The van der Waals surface area contributed by atoms with E-state index in [9.17, 15) is 9.90 Å². The molecule has 1 unspecified atom stereocenters. The van der Waals surface area contributed by atoms with Gasteiger partial charge in [0.05, 0.1) is 12.7 Å². The SMILES string of the molecule is COc1cccc([C@@H](C)NC(C)c2cc(-c3ccc(C)c(C(=O)O)c3)c3ccccc3c2)c1. The van der Waals surface area contributed by atoms with Crippen molar-refractivity contribution in [1.82, 2.24) is 5.32 Å². The quantitative estimate of drug-likeness (QED) is 0.328. The summed E-state index contributed by atoms with van der Waals surface area (Å²) in [6.07, 6.45) is 0. The van der Waals surface area contributed by atoms with E-state index in [1.54, 1.807) is 13.2 Å². The number of methoxy groups -OCH3 is 1. The van der Waals surface area contributed by atoms with Crippen molar-refractivity contribution < 1.29 is 14.6 Å². The van der Waals surface area contributed by atoms with E-state index in [0.29, 0.717) is 5.56 Å². The third kappa shape index (κ3) is 4.76. The topological polar surface area (TPSA) is 58.6 Å². The van der Waals surface area contributed by atoms with Gasteiger partial charge in [-0.25, -0.2) is 4.79 Å². The van der Waals surface area contributed by atoms with Crippen molar-refractivity contribution in [3.05, 3.63) is 101 Å². The number of aromatic carboxylic acids is 1. The average Bonchev–Trinajstić information content (AvgIpc) is 2.83. The van der Waals surface area contributed by atoms with Gasteiger partial charge in [0.2, 0.25) is 0 Å². The van der Waals surface area contributed by atoms with Gasteiger partial charge in [0.25, 0.3) is 0 Å². The monoisotopic (exact) mass is 439 g/mol. The Balaban J connectivity index is 1.73. The van der Waals surface area contributed by atoms with Gasteiger partial charge in [-0.15, -0.1) is 0 Å². The van der Waals surface area contributed by atoms with E-state index in [0.717, 1.165) is 44.3 Å². The number of rotatable bonds is 7. The first-order chi connectivity index (χ1) is 15.9. The van der Waals surface area contributed by atoms with Crippen molar-refractivity contribution in [2.45, 2.75) is 32.9 Å². The first kappa shape index (κ1) is 22.6. The molecule has 0 heterocycles. The lowest BCUT2D eigenvalue weighted by atomic mass is 9.91. The minimum atomic E-state index is -0.906. The molecule has 0 saturated heterocycles. The predicted octanol–water partition coefficient (Wildman–Crippen LogP) is 6.93. The van der Waals surface area contributed by atoms with Crippen LogP contribution in [0.15, 0.2) is 78.9 Å². The van der Waals surface area contributed by atoms with Crippen molar-refractivity contribution in [3.8, 4) is 16.9 Å². The minimum absolute atomic E-state index is 0.0824. The normalized spacial score (nSPS) is 13.0. The van der Waals surface area contributed by atoms with Gasteiger partial charge in [-0.1, -0.05) is 48.5 Å². The summed E-state index contributed by atoms with van der Waals surface area (Å²) in [6, 6.07) is 26.6. The molecule has 4 nitrogen and oxygen atoms in total. The van der Waals surface area contributed by atoms with Crippen LogP contribution in [0.2, 0.25) is 0 Å². The summed E-state index contributed by atoms with van der Waals surface area (Å²) in [5, 5.41) is 15.6. The van der Waals surface area contributed by atoms with E-state index in [-0.39, 0.29) is 12.1 Å². The number of carbonyl (C=O) groups is 1. The third-order valence-electron chi connectivity index (χ3n) is 6.26. The molecule has 0 bridgehead atoms. The van der Waals surface area contributed by atoms with Crippen LogP contribution >= 0.6 is 0 Å². The van der Waals surface area contributed by atoms with Crippen LogP contribution in [-0.4, -0.2) is 18.2 Å². The fourth-order valence-electron chi connectivity index (χ4n) is 4.32. The molecule has 2 N–H and O–H groups in total. The maximum atomic E-state index is 11.7. The second-order valence-electron chi connectivity index (χ2n) is 8.51. The lowest BCUT2D eigenvalue weighted by molar-refractivity contribution is 0.0696. The Morgan fingerprint density at radius 3 is 2.39 bits per heavy atom. The molecule has 0 aliphatic rings. The summed E-state index contributed by atoms with van der Waals surface area (Å²) in [5.41, 5.74) is 5.34. The Morgan fingerprint density at radius 2 is 1.64 bits per heavy atom. The van der Waals surface area contributed by atoms with E-state index >= 15 is 0 Å². The largest absolute Gasteiger partial charge is 0.497 e. The summed E-state index contributed by atoms with van der Waals surface area (Å²) >= 11 is 0. The molecule has 0 fully saturated rings. The van der Waals surface area contributed by atoms with Crippen molar-refractivity contribution in [2.24, 2.45) is 0 Å². The van der Waals surface area contributed by atoms with Crippen molar-refractivity contribution in [2.75, 3.05) is 7.11 Å². The highest BCUT2D eigenvalue weighted by Crippen LogP contribution is 2.34. The average molecular weight is 440 g/mol. The highest BCUT2D eigenvalue weighted by molar-refractivity contribution is 5.99. The van der Waals surface area contributed by atoms with Crippen LogP contribution < -0.4 is 10.1 Å². The zero-order valence-corrected chi connectivity index (χ0v) is 19.4. The Labute approximate surface area is 194 Å². The Kier molecular flexibility index (Phi) is 6.47. The molecule has 0 aliphatic heterocycles. The maximum absolute atomic E-state index is 11.7. The van der Waals surface area contributed by atoms with Crippen LogP contribution in [0, 0.1) is 6.92 Å². The summed E-state index contributed by atoms with van der Waals surface area (Å²) in [6.45, 7) is 6.13. The summed E-state index contributed by atoms with van der Waals surface area (Å²) < 4.78 is 5.37. The van der Waals surface area contributed by atoms with Gasteiger partial charge in [0.1, 0.15) is 5.75 Å². The second-order valence-corrected chi connectivity index (χ2v) is 8.51. The number of aryl methyl sites for hydroxylation is 1. The van der Waals surface area contributed by atoms with Crippen molar-refractivity contribution >= 4 is 16.7 Å². The van der Waals surface area contributed by atoms with Crippen LogP contribution in [0.5, 0.6) is 5.75 Å². The molecule has 0 amide bonds. The number of fused-ring (bicyclic) bond motifs is 1. The predicted molar refractivity (Wildman–Crippen MR) is 134 cm³/mol. The molecule has 2 atom stereocenters. The highest BCUT2D eigenvalue weighted by Gasteiger charge is 2.16. The van der Waals surface area contributed by atoms with E-state index in [1.165, 1.54) is 0 Å². The smallest absolute Gasteiger partial charge is 0.335 e. The number of benzene rings is 4.